The summed E-state index contributed by atoms with van der Waals surface area (Å²) in [5.41, 5.74) is 1.06. The first kappa shape index (κ1) is 23.0. The molecular formula is C24H30N2O4S. The van der Waals surface area contributed by atoms with Gasteiger partial charge in [0.1, 0.15) is 0 Å². The van der Waals surface area contributed by atoms with E-state index in [0.717, 1.165) is 17.7 Å². The summed E-state index contributed by atoms with van der Waals surface area (Å²) < 4.78 is 10.6. The smallest absolute Gasteiger partial charge is 0.225 e. The van der Waals surface area contributed by atoms with Crippen LogP contribution in [-0.4, -0.2) is 56.3 Å². The van der Waals surface area contributed by atoms with E-state index in [1.54, 1.807) is 30.9 Å². The van der Waals surface area contributed by atoms with Gasteiger partial charge >= 0.3 is 0 Å². The molecule has 2 aromatic rings. The number of thioether (sulfide) groups is 1. The summed E-state index contributed by atoms with van der Waals surface area (Å²) in [6, 6.07) is 16.0. The predicted octanol–water partition coefficient (Wildman–Crippen LogP) is 3.39. The van der Waals surface area contributed by atoms with Crippen molar-refractivity contribution < 1.29 is 19.1 Å². The number of nitrogens with one attached hydrogen (secondary N) is 1. The zero-order valence-corrected chi connectivity index (χ0v) is 19.0. The van der Waals surface area contributed by atoms with Crippen molar-refractivity contribution in [3.63, 3.8) is 0 Å². The summed E-state index contributed by atoms with van der Waals surface area (Å²) in [4.78, 5) is 27.9. The second-order valence-corrected chi connectivity index (χ2v) is 8.65. The second kappa shape index (κ2) is 11.6. The van der Waals surface area contributed by atoms with Gasteiger partial charge < -0.3 is 19.7 Å². The maximum Gasteiger partial charge on any atom is 0.225 e. The van der Waals surface area contributed by atoms with Crippen molar-refractivity contribution in [1.29, 1.82) is 0 Å². The minimum Gasteiger partial charge on any atom is -0.493 e. The fraction of sp³-hybridized carbons (Fsp3) is 0.417. The lowest BCUT2D eigenvalue weighted by atomic mass is 10.1. The van der Waals surface area contributed by atoms with Crippen LogP contribution >= 0.6 is 11.8 Å². The zero-order valence-electron chi connectivity index (χ0n) is 18.1. The van der Waals surface area contributed by atoms with Crippen LogP contribution in [0.5, 0.6) is 11.5 Å². The van der Waals surface area contributed by atoms with Crippen LogP contribution in [-0.2, 0) is 16.0 Å². The van der Waals surface area contributed by atoms with E-state index in [1.165, 1.54) is 4.90 Å². The minimum atomic E-state index is -0.264. The van der Waals surface area contributed by atoms with Crippen LogP contribution in [0.3, 0.4) is 0 Å². The SMILES string of the molecule is COc1ccc(CCN2CC(C(=O)NCCCSc3ccccc3)CC2=O)cc1OC. The molecule has 0 bridgehead atoms. The molecule has 1 aliphatic heterocycles. The fourth-order valence-electron chi connectivity index (χ4n) is 3.60. The van der Waals surface area contributed by atoms with E-state index in [1.807, 2.05) is 36.4 Å². The molecule has 0 aliphatic carbocycles. The van der Waals surface area contributed by atoms with Gasteiger partial charge in [-0.25, -0.2) is 0 Å². The lowest BCUT2D eigenvalue weighted by Gasteiger charge is -2.17. The predicted molar refractivity (Wildman–Crippen MR) is 123 cm³/mol. The number of nitrogens with zero attached hydrogens (tertiary/aromatic N) is 1. The summed E-state index contributed by atoms with van der Waals surface area (Å²) in [5.74, 6) is 2.06. The van der Waals surface area contributed by atoms with Crippen LogP contribution in [0.15, 0.2) is 53.4 Å². The first-order chi connectivity index (χ1) is 15.1. The van der Waals surface area contributed by atoms with Crippen molar-refractivity contribution in [3.05, 3.63) is 54.1 Å². The molecule has 1 heterocycles. The van der Waals surface area contributed by atoms with Crippen LogP contribution in [0.2, 0.25) is 0 Å². The Morgan fingerprint density at radius 3 is 2.65 bits per heavy atom. The van der Waals surface area contributed by atoms with Crippen molar-refractivity contribution in [3.8, 4) is 11.5 Å². The minimum absolute atomic E-state index is 0.0216. The number of amides is 2. The van der Waals surface area contributed by atoms with Gasteiger partial charge in [-0.2, -0.15) is 0 Å². The van der Waals surface area contributed by atoms with Crippen molar-refractivity contribution in [2.75, 3.05) is 39.6 Å². The van der Waals surface area contributed by atoms with Crippen molar-refractivity contribution in [2.45, 2.75) is 24.2 Å². The van der Waals surface area contributed by atoms with Crippen LogP contribution in [0.25, 0.3) is 0 Å². The number of carbonyl (C=O) groups excluding carboxylic acids is 2. The normalized spacial score (nSPS) is 15.7. The molecule has 3 rings (SSSR count). The van der Waals surface area contributed by atoms with Gasteiger partial charge in [0.05, 0.1) is 20.1 Å². The number of carbonyl (C=O) groups is 2. The Morgan fingerprint density at radius 2 is 1.90 bits per heavy atom. The molecule has 31 heavy (non-hydrogen) atoms. The number of likely N-dealkylation sites (tertiary alicyclic amines) is 1. The Morgan fingerprint density at radius 1 is 1.13 bits per heavy atom. The van der Waals surface area contributed by atoms with E-state index < -0.39 is 0 Å². The van der Waals surface area contributed by atoms with Gasteiger partial charge in [0.15, 0.2) is 11.5 Å². The highest BCUT2D eigenvalue weighted by Crippen LogP contribution is 2.28. The highest BCUT2D eigenvalue weighted by Gasteiger charge is 2.33. The molecule has 1 N–H and O–H groups in total. The topological polar surface area (TPSA) is 67.9 Å². The maximum atomic E-state index is 12.5. The summed E-state index contributed by atoms with van der Waals surface area (Å²) in [5, 5.41) is 2.99. The van der Waals surface area contributed by atoms with E-state index >= 15 is 0 Å². The van der Waals surface area contributed by atoms with Crippen molar-refractivity contribution in [2.24, 2.45) is 5.92 Å². The van der Waals surface area contributed by atoms with Crippen molar-refractivity contribution in [1.82, 2.24) is 10.2 Å². The third-order valence-electron chi connectivity index (χ3n) is 5.34. The Hall–Kier alpha value is -2.67. The second-order valence-electron chi connectivity index (χ2n) is 7.49. The average molecular weight is 443 g/mol. The van der Waals surface area contributed by atoms with Gasteiger partial charge in [-0.1, -0.05) is 24.3 Å². The molecule has 0 spiro atoms. The standard InChI is InChI=1S/C24H30N2O4S/c1-29-21-10-9-18(15-22(21)30-2)11-13-26-17-19(16-23(26)27)24(28)25-12-6-14-31-20-7-4-3-5-8-20/h3-5,7-10,15,19H,6,11-14,16-17H2,1-2H3,(H,25,28). The van der Waals surface area contributed by atoms with E-state index in [2.05, 4.69) is 17.4 Å². The molecule has 1 fully saturated rings. The molecule has 1 atom stereocenters. The molecule has 1 aliphatic rings. The summed E-state index contributed by atoms with van der Waals surface area (Å²) >= 11 is 1.78. The Labute approximate surface area is 188 Å². The number of hydrogen-bond acceptors (Lipinski definition) is 5. The molecule has 0 aromatic heterocycles. The molecule has 7 heteroatoms. The molecule has 1 saturated heterocycles. The maximum absolute atomic E-state index is 12.5. The third-order valence-corrected chi connectivity index (χ3v) is 6.43. The van der Waals surface area contributed by atoms with Crippen LogP contribution in [0.4, 0.5) is 0 Å². The third kappa shape index (κ3) is 6.66. The first-order valence-corrected chi connectivity index (χ1v) is 11.5. The Bertz CT molecular complexity index is 875. The van der Waals surface area contributed by atoms with Crippen LogP contribution in [0, 0.1) is 5.92 Å². The van der Waals surface area contributed by atoms with Gasteiger partial charge in [-0.15, -0.1) is 11.8 Å². The van der Waals surface area contributed by atoms with E-state index in [0.29, 0.717) is 37.6 Å². The number of rotatable bonds is 11. The summed E-state index contributed by atoms with van der Waals surface area (Å²) in [6.45, 7) is 1.71. The summed E-state index contributed by atoms with van der Waals surface area (Å²) in [7, 11) is 3.21. The fourth-order valence-corrected chi connectivity index (χ4v) is 4.47. The van der Waals surface area contributed by atoms with E-state index in [4.69, 9.17) is 9.47 Å². The molecular weight excluding hydrogens is 412 g/mol. The van der Waals surface area contributed by atoms with Gasteiger partial charge in [0, 0.05) is 31.0 Å². The molecule has 166 valence electrons. The van der Waals surface area contributed by atoms with Crippen molar-refractivity contribution >= 4 is 23.6 Å². The highest BCUT2D eigenvalue weighted by atomic mass is 32.2. The van der Waals surface area contributed by atoms with E-state index in [9.17, 15) is 9.59 Å². The summed E-state index contributed by atoms with van der Waals surface area (Å²) in [6.07, 6.45) is 1.89. The lowest BCUT2D eigenvalue weighted by Crippen LogP contribution is -2.34. The molecule has 6 nitrogen and oxygen atoms in total. The lowest BCUT2D eigenvalue weighted by molar-refractivity contribution is -0.129. The van der Waals surface area contributed by atoms with Gasteiger partial charge in [-0.05, 0) is 48.4 Å². The highest BCUT2D eigenvalue weighted by molar-refractivity contribution is 7.99. The van der Waals surface area contributed by atoms with Gasteiger partial charge in [0.25, 0.3) is 0 Å². The first-order valence-electron chi connectivity index (χ1n) is 10.5. The molecule has 0 saturated carbocycles. The molecule has 2 amide bonds. The zero-order chi connectivity index (χ0) is 22.1. The van der Waals surface area contributed by atoms with Crippen LogP contribution in [0.1, 0.15) is 18.4 Å². The molecule has 2 aromatic carbocycles. The van der Waals surface area contributed by atoms with Gasteiger partial charge in [0.2, 0.25) is 11.8 Å². The monoisotopic (exact) mass is 442 g/mol. The van der Waals surface area contributed by atoms with Gasteiger partial charge in [-0.3, -0.25) is 9.59 Å². The Balaban J connectivity index is 1.38. The molecule has 0 radical (unpaired) electrons. The number of benzene rings is 2. The average Bonchev–Trinajstić information content (AvgIpc) is 3.18. The quantitative estimate of drug-likeness (QED) is 0.427. The number of hydrogen-bond donors (Lipinski definition) is 1. The van der Waals surface area contributed by atoms with E-state index in [-0.39, 0.29) is 24.2 Å². The van der Waals surface area contributed by atoms with Crippen LogP contribution < -0.4 is 14.8 Å². The molecule has 1 unspecified atom stereocenters. The largest absolute Gasteiger partial charge is 0.493 e. The Kier molecular flexibility index (Phi) is 8.64. The number of methoxy groups -OCH3 is 2. The number of ether oxygens (including phenoxy) is 2.